The van der Waals surface area contributed by atoms with E-state index in [1.807, 2.05) is 6.92 Å². The molecule has 0 saturated carbocycles. The van der Waals surface area contributed by atoms with Crippen LogP contribution in [-0.4, -0.2) is 23.0 Å². The first-order chi connectivity index (χ1) is 7.28. The summed E-state index contributed by atoms with van der Waals surface area (Å²) < 4.78 is 10.7. The molecule has 1 unspecified atom stereocenters. The van der Waals surface area contributed by atoms with E-state index in [1.54, 1.807) is 13.8 Å². The number of carbonyl (C=O) groups is 1. The van der Waals surface area contributed by atoms with E-state index in [9.17, 15) is 4.79 Å². The number of carboxylic acid groups (broad SMARTS) is 1. The lowest BCUT2D eigenvalue weighted by atomic mass is 10.1. The van der Waals surface area contributed by atoms with Gasteiger partial charge in [0.2, 0.25) is 5.79 Å². The summed E-state index contributed by atoms with van der Waals surface area (Å²) in [5, 5.41) is 8.63. The first-order valence-corrected chi connectivity index (χ1v) is 5.16. The van der Waals surface area contributed by atoms with E-state index < -0.39 is 11.8 Å². The molecule has 0 amide bonds. The maximum absolute atomic E-state index is 10.5. The van der Waals surface area contributed by atoms with Crippen LogP contribution in [0.5, 0.6) is 0 Å². The maximum atomic E-state index is 10.5. The van der Waals surface area contributed by atoms with E-state index >= 15 is 0 Å². The van der Waals surface area contributed by atoms with Crippen molar-refractivity contribution in [2.45, 2.75) is 45.5 Å². The zero-order valence-corrected chi connectivity index (χ0v) is 10.2. The highest BCUT2D eigenvalue weighted by atomic mass is 16.7. The van der Waals surface area contributed by atoms with E-state index in [0.29, 0.717) is 12.8 Å². The fourth-order valence-electron chi connectivity index (χ4n) is 1.26. The van der Waals surface area contributed by atoms with Crippen molar-refractivity contribution in [3.05, 3.63) is 25.0 Å². The minimum absolute atomic E-state index is 0.106. The van der Waals surface area contributed by atoms with Gasteiger partial charge >= 0.3 is 5.97 Å². The molecule has 0 bridgehead atoms. The van der Waals surface area contributed by atoms with Crippen molar-refractivity contribution < 1.29 is 19.4 Å². The Labute approximate surface area is 96.6 Å². The second-order valence-electron chi connectivity index (χ2n) is 4.06. The van der Waals surface area contributed by atoms with E-state index in [4.69, 9.17) is 14.6 Å². The van der Waals surface area contributed by atoms with Crippen molar-refractivity contribution in [3.63, 3.8) is 0 Å². The van der Waals surface area contributed by atoms with Crippen molar-refractivity contribution in [1.29, 1.82) is 0 Å². The van der Waals surface area contributed by atoms with Crippen LogP contribution in [0.2, 0.25) is 0 Å². The Morgan fingerprint density at radius 2 is 2.12 bits per heavy atom. The zero-order valence-electron chi connectivity index (χ0n) is 10.2. The molecule has 0 rings (SSSR count). The second-order valence-corrected chi connectivity index (χ2v) is 4.06. The molecule has 16 heavy (non-hydrogen) atoms. The molecule has 0 aromatic carbocycles. The first kappa shape index (κ1) is 14.7. The molecule has 92 valence electrons. The predicted molar refractivity (Wildman–Crippen MR) is 61.9 cm³/mol. The summed E-state index contributed by atoms with van der Waals surface area (Å²) in [6, 6.07) is 0. The molecule has 1 atom stereocenters. The van der Waals surface area contributed by atoms with Crippen LogP contribution >= 0.6 is 0 Å². The minimum atomic E-state index is -0.964. The number of carboxylic acids is 1. The fourth-order valence-corrected chi connectivity index (χ4v) is 1.26. The Morgan fingerprint density at radius 3 is 2.56 bits per heavy atom. The highest BCUT2D eigenvalue weighted by molar-refractivity contribution is 5.85. The Bertz CT molecular complexity index is 268. The van der Waals surface area contributed by atoms with Crippen LogP contribution in [0.15, 0.2) is 25.0 Å². The average Bonchev–Trinajstić information content (AvgIpc) is 2.12. The van der Waals surface area contributed by atoms with Gasteiger partial charge in [-0.3, -0.25) is 0 Å². The molecule has 0 radical (unpaired) electrons. The molecule has 1 N–H and O–H groups in total. The van der Waals surface area contributed by atoms with Gasteiger partial charge in [0.1, 0.15) is 0 Å². The van der Waals surface area contributed by atoms with E-state index in [2.05, 4.69) is 13.2 Å². The maximum Gasteiger partial charge on any atom is 0.330 e. The Balaban J connectivity index is 3.99. The normalized spacial score (nSPS) is 12.9. The van der Waals surface area contributed by atoms with Gasteiger partial charge < -0.3 is 14.6 Å². The highest BCUT2D eigenvalue weighted by Gasteiger charge is 2.21. The van der Waals surface area contributed by atoms with Gasteiger partial charge in [-0.05, 0) is 19.8 Å². The summed E-state index contributed by atoms with van der Waals surface area (Å²) in [5.41, 5.74) is 0.192. The van der Waals surface area contributed by atoms with Crippen molar-refractivity contribution in [3.8, 4) is 0 Å². The van der Waals surface area contributed by atoms with Crippen molar-refractivity contribution in [2.75, 3.05) is 0 Å². The SMILES string of the molecule is C=COC(C)(C)OC(C)CCC(=C)C(=O)O. The fraction of sp³-hybridized carbons (Fsp3) is 0.583. The van der Waals surface area contributed by atoms with Crippen molar-refractivity contribution in [1.82, 2.24) is 0 Å². The summed E-state index contributed by atoms with van der Waals surface area (Å²) in [4.78, 5) is 10.5. The molecule has 0 heterocycles. The molecule has 0 aliphatic rings. The minimum Gasteiger partial charge on any atom is -0.478 e. The van der Waals surface area contributed by atoms with Gasteiger partial charge in [-0.2, -0.15) is 0 Å². The monoisotopic (exact) mass is 228 g/mol. The number of rotatable bonds is 8. The largest absolute Gasteiger partial charge is 0.478 e. The van der Waals surface area contributed by atoms with Crippen LogP contribution in [0.25, 0.3) is 0 Å². The smallest absolute Gasteiger partial charge is 0.330 e. The highest BCUT2D eigenvalue weighted by Crippen LogP contribution is 2.18. The van der Waals surface area contributed by atoms with Crippen LogP contribution in [0.3, 0.4) is 0 Å². The quantitative estimate of drug-likeness (QED) is 0.394. The third-order valence-corrected chi connectivity index (χ3v) is 2.01. The van der Waals surface area contributed by atoms with Gasteiger partial charge in [-0.25, -0.2) is 4.79 Å². The summed E-state index contributed by atoms with van der Waals surface area (Å²) in [5.74, 6) is -1.71. The van der Waals surface area contributed by atoms with E-state index in [0.717, 1.165) is 0 Å². The van der Waals surface area contributed by atoms with Gasteiger partial charge in [0, 0.05) is 19.4 Å². The summed E-state index contributed by atoms with van der Waals surface area (Å²) in [6.07, 6.45) is 2.21. The Kier molecular flexibility index (Phi) is 5.82. The topological polar surface area (TPSA) is 55.8 Å². The molecule has 0 aromatic heterocycles. The van der Waals surface area contributed by atoms with Gasteiger partial charge in [0.05, 0.1) is 12.4 Å². The number of hydrogen-bond acceptors (Lipinski definition) is 3. The molecular weight excluding hydrogens is 208 g/mol. The average molecular weight is 228 g/mol. The summed E-state index contributed by atoms with van der Waals surface area (Å²) >= 11 is 0. The molecule has 0 aliphatic carbocycles. The third-order valence-electron chi connectivity index (χ3n) is 2.01. The molecule has 0 saturated heterocycles. The Morgan fingerprint density at radius 1 is 1.56 bits per heavy atom. The molecule has 0 aromatic rings. The van der Waals surface area contributed by atoms with Crippen LogP contribution in [0.1, 0.15) is 33.6 Å². The lowest BCUT2D eigenvalue weighted by Crippen LogP contribution is -2.30. The van der Waals surface area contributed by atoms with Gasteiger partial charge in [0.15, 0.2) is 0 Å². The summed E-state index contributed by atoms with van der Waals surface area (Å²) in [7, 11) is 0. The summed E-state index contributed by atoms with van der Waals surface area (Å²) in [6.45, 7) is 12.3. The van der Waals surface area contributed by atoms with E-state index in [1.165, 1.54) is 6.26 Å². The molecule has 0 aliphatic heterocycles. The van der Waals surface area contributed by atoms with E-state index in [-0.39, 0.29) is 11.7 Å². The number of ether oxygens (including phenoxy) is 2. The number of hydrogen-bond donors (Lipinski definition) is 1. The van der Waals surface area contributed by atoms with Crippen LogP contribution in [0.4, 0.5) is 0 Å². The first-order valence-electron chi connectivity index (χ1n) is 5.16. The zero-order chi connectivity index (χ0) is 12.8. The Hall–Kier alpha value is -1.29. The standard InChI is InChI=1S/C12H20O4/c1-6-15-12(4,5)16-10(3)8-7-9(2)11(13)14/h6,10H,1-2,7-8H2,3-5H3,(H,13,14). The van der Waals surface area contributed by atoms with Crippen molar-refractivity contribution in [2.24, 2.45) is 0 Å². The van der Waals surface area contributed by atoms with Crippen molar-refractivity contribution >= 4 is 5.97 Å². The lowest BCUT2D eigenvalue weighted by molar-refractivity contribution is -0.206. The third kappa shape index (κ3) is 6.24. The predicted octanol–water partition coefficient (Wildman–Crippen LogP) is 2.71. The van der Waals surface area contributed by atoms with Gasteiger partial charge in [0.25, 0.3) is 0 Å². The molecule has 4 nitrogen and oxygen atoms in total. The molecule has 4 heteroatoms. The molecule has 0 spiro atoms. The molecular formula is C12H20O4. The van der Waals surface area contributed by atoms with Crippen LogP contribution in [-0.2, 0) is 14.3 Å². The van der Waals surface area contributed by atoms with Crippen LogP contribution in [0, 0.1) is 0 Å². The van der Waals surface area contributed by atoms with Gasteiger partial charge in [-0.1, -0.05) is 13.2 Å². The van der Waals surface area contributed by atoms with Crippen LogP contribution < -0.4 is 0 Å². The second kappa shape index (κ2) is 6.33. The van der Waals surface area contributed by atoms with Gasteiger partial charge in [-0.15, -0.1) is 0 Å². The molecule has 0 fully saturated rings. The lowest BCUT2D eigenvalue weighted by Gasteiger charge is -2.28. The number of aliphatic carboxylic acids is 1.